The van der Waals surface area contributed by atoms with E-state index in [4.69, 9.17) is 21.5 Å². The van der Waals surface area contributed by atoms with Crippen LogP contribution >= 0.6 is 11.9 Å². The molecule has 0 spiro atoms. The lowest BCUT2D eigenvalue weighted by Crippen LogP contribution is -2.35. The molecule has 0 bridgehead atoms. The smallest absolute Gasteiger partial charge is 0.174 e. The number of hydrogen-bond donors (Lipinski definition) is 4. The fraction of sp³-hybridized carbons (Fsp3) is 0.409. The van der Waals surface area contributed by atoms with Crippen LogP contribution in [0.3, 0.4) is 0 Å². The van der Waals surface area contributed by atoms with Crippen LogP contribution in [0.4, 0.5) is 5.69 Å². The van der Waals surface area contributed by atoms with Crippen molar-refractivity contribution in [3.8, 4) is 0 Å². The van der Waals surface area contributed by atoms with E-state index in [1.807, 2.05) is 65.1 Å². The molecule has 0 saturated carbocycles. The minimum absolute atomic E-state index is 0.0450. The van der Waals surface area contributed by atoms with Crippen LogP contribution in [0.1, 0.15) is 33.3 Å². The Kier molecular flexibility index (Phi) is 7.86. The van der Waals surface area contributed by atoms with Crippen LogP contribution in [0, 0.1) is 29.1 Å². The van der Waals surface area contributed by atoms with Crippen LogP contribution in [0.2, 0.25) is 0 Å². The van der Waals surface area contributed by atoms with Crippen LogP contribution in [0.25, 0.3) is 10.9 Å². The average Bonchev–Trinajstić information content (AvgIpc) is 2.68. The molecule has 8 heteroatoms. The monoisotopic (exact) mass is 425 g/mol. The molecule has 1 atom stereocenters. The van der Waals surface area contributed by atoms with Gasteiger partial charge in [-0.1, -0.05) is 45.7 Å². The van der Waals surface area contributed by atoms with E-state index in [1.54, 1.807) is 6.20 Å². The quantitative estimate of drug-likeness (QED) is 0.296. The molecule has 2 rings (SSSR count). The van der Waals surface area contributed by atoms with Crippen molar-refractivity contribution in [1.29, 1.82) is 10.8 Å². The van der Waals surface area contributed by atoms with Crippen molar-refractivity contribution in [1.82, 2.24) is 9.71 Å². The predicted molar refractivity (Wildman–Crippen MR) is 131 cm³/mol. The highest BCUT2D eigenvalue weighted by Crippen LogP contribution is 2.26. The largest absolute Gasteiger partial charge is 0.387 e. The maximum absolute atomic E-state index is 8.66. The van der Waals surface area contributed by atoms with Gasteiger partial charge in [-0.05, 0) is 36.9 Å². The van der Waals surface area contributed by atoms with Gasteiger partial charge in [0.05, 0.1) is 16.9 Å². The number of pyridine rings is 1. The van der Waals surface area contributed by atoms with Crippen molar-refractivity contribution in [3.63, 3.8) is 0 Å². The van der Waals surface area contributed by atoms with Crippen molar-refractivity contribution in [2.24, 2.45) is 27.1 Å². The van der Waals surface area contributed by atoms with E-state index in [0.29, 0.717) is 18.1 Å². The Morgan fingerprint density at radius 3 is 2.63 bits per heavy atom. The zero-order chi connectivity index (χ0) is 22.5. The molecular weight excluding hydrogens is 394 g/mol. The molecule has 1 unspecified atom stereocenters. The van der Waals surface area contributed by atoms with Gasteiger partial charge >= 0.3 is 0 Å². The molecule has 0 radical (unpaired) electrons. The Morgan fingerprint density at radius 2 is 2.00 bits per heavy atom. The van der Waals surface area contributed by atoms with E-state index in [2.05, 4.69) is 14.7 Å². The topological polar surface area (TPSA) is 123 Å². The third kappa shape index (κ3) is 5.96. The molecule has 0 amide bonds. The molecule has 2 aromatic rings. The first-order valence-electron chi connectivity index (χ1n) is 9.77. The Hall–Kier alpha value is -2.58. The van der Waals surface area contributed by atoms with Gasteiger partial charge in [0.25, 0.3) is 0 Å². The second kappa shape index (κ2) is 9.95. The third-order valence-corrected chi connectivity index (χ3v) is 5.10. The average molecular weight is 426 g/mol. The van der Waals surface area contributed by atoms with E-state index < -0.39 is 5.41 Å². The van der Waals surface area contributed by atoms with E-state index in [9.17, 15) is 0 Å². The molecule has 0 saturated heterocycles. The van der Waals surface area contributed by atoms with Crippen LogP contribution in [-0.2, 0) is 0 Å². The zero-order valence-electron chi connectivity index (χ0n) is 18.5. The van der Waals surface area contributed by atoms with Crippen molar-refractivity contribution in [2.45, 2.75) is 34.6 Å². The molecule has 0 aliphatic heterocycles. The van der Waals surface area contributed by atoms with Gasteiger partial charge in [0.15, 0.2) is 5.84 Å². The van der Waals surface area contributed by atoms with Crippen molar-refractivity contribution < 1.29 is 0 Å². The third-order valence-electron chi connectivity index (χ3n) is 4.64. The summed E-state index contributed by atoms with van der Waals surface area (Å²) in [5, 5.41) is 18.2. The summed E-state index contributed by atoms with van der Waals surface area (Å²) in [6, 6.07) is 7.74. The Labute approximate surface area is 182 Å². The molecule has 5 N–H and O–H groups in total. The van der Waals surface area contributed by atoms with Gasteiger partial charge in [-0.15, -0.1) is 0 Å². The first-order chi connectivity index (χ1) is 14.0. The maximum Gasteiger partial charge on any atom is 0.174 e. The normalized spacial score (nSPS) is 14.1. The number of nitrogens with two attached hydrogens (primary N) is 1. The fourth-order valence-corrected chi connectivity index (χ4v) is 3.06. The van der Waals surface area contributed by atoms with Crippen LogP contribution in [0.15, 0.2) is 40.4 Å². The minimum atomic E-state index is -0.492. The molecule has 1 aromatic carbocycles. The Balaban J connectivity index is 2.52. The maximum atomic E-state index is 8.66. The minimum Gasteiger partial charge on any atom is -0.387 e. The van der Waals surface area contributed by atoms with E-state index in [1.165, 1.54) is 11.9 Å². The summed E-state index contributed by atoms with van der Waals surface area (Å²) in [5.41, 5.74) is 8.59. The number of aliphatic imine (C=N–C) groups is 2. The van der Waals surface area contributed by atoms with Crippen molar-refractivity contribution in [2.75, 3.05) is 12.8 Å². The number of hydrogen-bond acceptors (Lipinski definition) is 6. The Bertz CT molecular complexity index is 1000. The lowest BCUT2D eigenvalue weighted by molar-refractivity contribution is 0.594. The van der Waals surface area contributed by atoms with Crippen molar-refractivity contribution >= 4 is 51.6 Å². The number of fused-ring (bicyclic) bond motifs is 1. The number of aromatic nitrogens is 1. The number of nitrogens with zero attached hydrogens (tertiary/aromatic N) is 3. The van der Waals surface area contributed by atoms with Crippen LogP contribution in [0.5, 0.6) is 0 Å². The second-order valence-corrected chi connectivity index (χ2v) is 8.96. The summed E-state index contributed by atoms with van der Waals surface area (Å²) in [7, 11) is 0. The van der Waals surface area contributed by atoms with Crippen LogP contribution < -0.4 is 10.5 Å². The summed E-state index contributed by atoms with van der Waals surface area (Å²) in [6.07, 6.45) is 3.70. The van der Waals surface area contributed by atoms with Gasteiger partial charge in [-0.3, -0.25) is 15.1 Å². The molecule has 7 nitrogen and oxygen atoms in total. The molecule has 0 aliphatic carbocycles. The summed E-state index contributed by atoms with van der Waals surface area (Å²) in [5.74, 6) is 0.195. The van der Waals surface area contributed by atoms with Gasteiger partial charge < -0.3 is 11.1 Å². The van der Waals surface area contributed by atoms with E-state index in [0.717, 1.165) is 16.5 Å². The molecule has 0 aliphatic rings. The summed E-state index contributed by atoms with van der Waals surface area (Å²) in [6.45, 7) is 10.3. The molecule has 0 fully saturated rings. The first kappa shape index (κ1) is 23.7. The number of aryl methyl sites for hydroxylation is 1. The highest BCUT2D eigenvalue weighted by Gasteiger charge is 2.26. The van der Waals surface area contributed by atoms with Crippen molar-refractivity contribution in [3.05, 3.63) is 36.0 Å². The molecule has 1 aromatic heterocycles. The zero-order valence-corrected chi connectivity index (χ0v) is 19.3. The highest BCUT2D eigenvalue weighted by molar-refractivity contribution is 7.96. The second-order valence-electron chi connectivity index (χ2n) is 8.26. The SMILES string of the molecule is CSNCC(C)C(N)=NC(=N)C(=Nc1cc2cccnc2cc1C)C(=N)C(C)(C)C. The standard InChI is InChI=1S/C22H31N7S/c1-13-10-17-15(8-7-9-26-17)11-16(13)28-18(19(23)22(3,4)5)21(25)29-20(24)14(2)12-27-30-6/h7-11,14,23,27H,12H2,1-6H3,(H3,24,25,29). The number of amidine groups is 2. The fourth-order valence-electron chi connectivity index (χ4n) is 2.64. The number of benzene rings is 1. The molecular formula is C22H31N7S. The van der Waals surface area contributed by atoms with E-state index in [-0.39, 0.29) is 23.2 Å². The number of nitrogens with one attached hydrogen (secondary N) is 3. The highest BCUT2D eigenvalue weighted by atomic mass is 32.2. The van der Waals surface area contributed by atoms with Gasteiger partial charge in [0.1, 0.15) is 11.5 Å². The summed E-state index contributed by atoms with van der Waals surface area (Å²) < 4.78 is 3.15. The summed E-state index contributed by atoms with van der Waals surface area (Å²) >= 11 is 1.51. The number of rotatable bonds is 7. The predicted octanol–water partition coefficient (Wildman–Crippen LogP) is 4.52. The van der Waals surface area contributed by atoms with Gasteiger partial charge in [-0.2, -0.15) is 0 Å². The molecule has 30 heavy (non-hydrogen) atoms. The van der Waals surface area contributed by atoms with E-state index >= 15 is 0 Å². The van der Waals surface area contributed by atoms with Gasteiger partial charge in [0, 0.05) is 29.5 Å². The summed E-state index contributed by atoms with van der Waals surface area (Å²) in [4.78, 5) is 13.4. The molecule has 160 valence electrons. The molecule has 1 heterocycles. The van der Waals surface area contributed by atoms with Crippen LogP contribution in [-0.4, -0.2) is 40.9 Å². The lowest BCUT2D eigenvalue weighted by atomic mass is 9.86. The van der Waals surface area contributed by atoms with Gasteiger partial charge in [-0.25, -0.2) is 9.98 Å². The van der Waals surface area contributed by atoms with Gasteiger partial charge in [0.2, 0.25) is 0 Å². The Morgan fingerprint density at radius 1 is 1.30 bits per heavy atom. The first-order valence-corrected chi connectivity index (χ1v) is 11.0. The lowest BCUT2D eigenvalue weighted by Gasteiger charge is -2.21.